The van der Waals surface area contributed by atoms with Crippen LogP contribution in [0.4, 0.5) is 4.79 Å². The highest BCUT2D eigenvalue weighted by Gasteiger charge is 2.77. The first-order valence-electron chi connectivity index (χ1n) is 14.7. The molecule has 0 aromatic heterocycles. The first-order valence-corrected chi connectivity index (χ1v) is 14.7. The van der Waals surface area contributed by atoms with E-state index >= 15 is 0 Å². The molecular formula is C25H45N3O17. The Morgan fingerprint density at radius 1 is 0.733 bits per heavy atom. The highest BCUT2D eigenvalue weighted by Crippen LogP contribution is 2.56. The van der Waals surface area contributed by atoms with Crippen LogP contribution >= 0.6 is 0 Å². The van der Waals surface area contributed by atoms with Gasteiger partial charge >= 0.3 is 6.03 Å². The van der Waals surface area contributed by atoms with Crippen LogP contribution in [0.5, 0.6) is 0 Å². The van der Waals surface area contributed by atoms with Gasteiger partial charge in [-0.1, -0.05) is 0 Å². The minimum absolute atomic E-state index is 0.0496. The molecule has 3 saturated heterocycles. The Hall–Kier alpha value is -1.41. The fourth-order valence-corrected chi connectivity index (χ4v) is 5.68. The van der Waals surface area contributed by atoms with Crippen molar-refractivity contribution in [2.24, 2.45) is 11.7 Å². The van der Waals surface area contributed by atoms with E-state index in [0.717, 1.165) is 0 Å². The standard InChI is InChI=1S/C25H45N3O17/c26-2-1-3-27-24(39)28-4-5-40-22-19(17(36)13(32)9(6-29)41-22)43-23-20(18(37)14(33)10(7-30)42-23)45-25-12(21(25)38)16(35)15(34)11(8-31)44-25/h9-23,29-38H,1-8,26H2,(H2,27,28,39)/t9?,10?,11?,12?,13-,14-,15-,16?,17?,18?,19?,20?,21?,22+,23-,25?/m1/s1. The van der Waals surface area contributed by atoms with Crippen LogP contribution in [0.3, 0.4) is 0 Å². The van der Waals surface area contributed by atoms with E-state index in [9.17, 15) is 55.9 Å². The summed E-state index contributed by atoms with van der Waals surface area (Å²) in [7, 11) is 0. The molecule has 0 bridgehead atoms. The van der Waals surface area contributed by atoms with Gasteiger partial charge in [0.05, 0.1) is 38.4 Å². The van der Waals surface area contributed by atoms with Crippen molar-refractivity contribution in [2.75, 3.05) is 46.1 Å². The number of ether oxygens (including phenoxy) is 6. The first kappa shape index (κ1) is 36.4. The molecule has 4 aliphatic rings. The molecule has 1 aliphatic carbocycles. The van der Waals surface area contributed by atoms with E-state index in [-0.39, 0.29) is 13.2 Å². The molecule has 0 radical (unpaired) electrons. The van der Waals surface area contributed by atoms with E-state index in [0.29, 0.717) is 19.5 Å². The van der Waals surface area contributed by atoms with Crippen molar-refractivity contribution in [3.05, 3.63) is 0 Å². The minimum Gasteiger partial charge on any atom is -0.394 e. The molecule has 4 fully saturated rings. The summed E-state index contributed by atoms with van der Waals surface area (Å²) in [6.07, 6.45) is -22.3. The fraction of sp³-hybridized carbons (Fsp3) is 0.960. The van der Waals surface area contributed by atoms with Crippen molar-refractivity contribution >= 4 is 6.03 Å². The number of carbonyl (C=O) groups is 1. The zero-order valence-electron chi connectivity index (χ0n) is 24.2. The topological polar surface area (TPSA) is 325 Å². The maximum atomic E-state index is 11.9. The SMILES string of the molecule is NCCCNC(=O)NCCO[C@H]1OC(CO)[C@@H](O)C(O)C1O[C@H]1OC(CO)[C@@H](O)C(O)C1OC12OC(CO)[C@@H](O)C(O)C1C2O. The summed E-state index contributed by atoms with van der Waals surface area (Å²) in [4.78, 5) is 11.9. The largest absolute Gasteiger partial charge is 0.394 e. The number of amides is 2. The zero-order valence-corrected chi connectivity index (χ0v) is 24.2. The summed E-state index contributed by atoms with van der Waals surface area (Å²) in [5.41, 5.74) is 5.39. The van der Waals surface area contributed by atoms with Gasteiger partial charge in [0, 0.05) is 13.1 Å². The van der Waals surface area contributed by atoms with Gasteiger partial charge in [0.1, 0.15) is 67.1 Å². The second kappa shape index (κ2) is 15.7. The molecule has 3 heterocycles. The summed E-state index contributed by atoms with van der Waals surface area (Å²) >= 11 is 0. The lowest BCUT2D eigenvalue weighted by Crippen LogP contribution is -2.66. The van der Waals surface area contributed by atoms with E-state index in [1.807, 2.05) is 0 Å². The third-order valence-corrected chi connectivity index (χ3v) is 8.32. The first-order chi connectivity index (χ1) is 21.4. The quantitative estimate of drug-likeness (QED) is 0.0770. The molecule has 45 heavy (non-hydrogen) atoms. The van der Waals surface area contributed by atoms with Crippen molar-refractivity contribution in [3.8, 4) is 0 Å². The Morgan fingerprint density at radius 2 is 1.29 bits per heavy atom. The molecule has 0 spiro atoms. The van der Waals surface area contributed by atoms with Crippen LogP contribution in [0.2, 0.25) is 0 Å². The number of urea groups is 1. The second-order valence-corrected chi connectivity index (χ2v) is 11.3. The van der Waals surface area contributed by atoms with Gasteiger partial charge in [0.15, 0.2) is 12.6 Å². The number of hydrogen-bond acceptors (Lipinski definition) is 18. The van der Waals surface area contributed by atoms with Crippen LogP contribution in [0.1, 0.15) is 6.42 Å². The molecule has 262 valence electrons. The molecule has 4 rings (SSSR count). The van der Waals surface area contributed by atoms with Gasteiger partial charge in [-0.25, -0.2) is 4.79 Å². The molecule has 0 aromatic rings. The Balaban J connectivity index is 1.51. The van der Waals surface area contributed by atoms with Crippen molar-refractivity contribution < 1.29 is 84.3 Å². The summed E-state index contributed by atoms with van der Waals surface area (Å²) in [5.74, 6) is -3.34. The minimum atomic E-state index is -2.09. The van der Waals surface area contributed by atoms with E-state index in [1.165, 1.54) is 0 Å². The molecule has 11 unspecified atom stereocenters. The Morgan fingerprint density at radius 3 is 1.89 bits per heavy atom. The third kappa shape index (κ3) is 7.52. The van der Waals surface area contributed by atoms with Crippen LogP contribution < -0.4 is 16.4 Å². The predicted molar refractivity (Wildman–Crippen MR) is 142 cm³/mol. The van der Waals surface area contributed by atoms with Crippen molar-refractivity contribution in [2.45, 2.75) is 98.0 Å². The fourth-order valence-electron chi connectivity index (χ4n) is 5.68. The smallest absolute Gasteiger partial charge is 0.314 e. The molecule has 0 aromatic carbocycles. The Labute approximate surface area is 257 Å². The summed E-state index contributed by atoms with van der Waals surface area (Å²) in [5, 5.41) is 108. The number of nitrogens with one attached hydrogen (secondary N) is 2. The van der Waals surface area contributed by atoms with Gasteiger partial charge in [-0.05, 0) is 13.0 Å². The average molecular weight is 660 g/mol. The monoisotopic (exact) mass is 659 g/mol. The van der Waals surface area contributed by atoms with Crippen molar-refractivity contribution in [3.63, 3.8) is 0 Å². The van der Waals surface area contributed by atoms with Gasteiger partial charge in [-0.15, -0.1) is 0 Å². The van der Waals surface area contributed by atoms with Crippen molar-refractivity contribution in [1.82, 2.24) is 10.6 Å². The van der Waals surface area contributed by atoms with Crippen LogP contribution in [0, 0.1) is 5.92 Å². The van der Waals surface area contributed by atoms with Gasteiger partial charge in [0.2, 0.25) is 5.79 Å². The van der Waals surface area contributed by atoms with Crippen molar-refractivity contribution in [1.29, 1.82) is 0 Å². The Kier molecular flexibility index (Phi) is 12.7. The second-order valence-electron chi connectivity index (χ2n) is 11.3. The van der Waals surface area contributed by atoms with Gasteiger partial charge in [0.25, 0.3) is 0 Å². The lowest BCUT2D eigenvalue weighted by atomic mass is 9.97. The van der Waals surface area contributed by atoms with Gasteiger partial charge in [-0.3, -0.25) is 0 Å². The number of rotatable bonds is 14. The molecule has 1 saturated carbocycles. The highest BCUT2D eigenvalue weighted by molar-refractivity contribution is 5.73. The summed E-state index contributed by atoms with van der Waals surface area (Å²) < 4.78 is 34.2. The van der Waals surface area contributed by atoms with Crippen LogP contribution in [0.25, 0.3) is 0 Å². The lowest BCUT2D eigenvalue weighted by molar-refractivity contribution is -0.392. The lowest BCUT2D eigenvalue weighted by Gasteiger charge is -2.48. The molecule has 16 atom stereocenters. The van der Waals surface area contributed by atoms with E-state index < -0.39 is 123 Å². The third-order valence-electron chi connectivity index (χ3n) is 8.32. The van der Waals surface area contributed by atoms with Gasteiger partial charge < -0.3 is 95.9 Å². The maximum absolute atomic E-state index is 11.9. The number of carbonyl (C=O) groups excluding carboxylic acids is 1. The Bertz CT molecular complexity index is 955. The summed E-state index contributed by atoms with van der Waals surface area (Å²) in [6.45, 7) is -1.85. The van der Waals surface area contributed by atoms with E-state index in [2.05, 4.69) is 10.6 Å². The molecule has 20 nitrogen and oxygen atoms in total. The van der Waals surface area contributed by atoms with E-state index in [4.69, 9.17) is 34.2 Å². The maximum Gasteiger partial charge on any atom is 0.314 e. The molecule has 20 heteroatoms. The molecule has 2 amide bonds. The molecule has 3 aliphatic heterocycles. The summed E-state index contributed by atoms with van der Waals surface area (Å²) in [6, 6.07) is -0.503. The normalized spacial score (nSPS) is 46.3. The number of aliphatic hydroxyl groups is 10. The highest BCUT2D eigenvalue weighted by atomic mass is 16.8. The average Bonchev–Trinajstić information content (AvgIpc) is 3.62. The zero-order chi connectivity index (χ0) is 33.1. The van der Waals surface area contributed by atoms with Gasteiger partial charge in [-0.2, -0.15) is 0 Å². The predicted octanol–water partition coefficient (Wildman–Crippen LogP) is -7.90. The van der Waals surface area contributed by atoms with Crippen LogP contribution in [-0.2, 0) is 28.4 Å². The van der Waals surface area contributed by atoms with E-state index in [1.54, 1.807) is 0 Å². The molecule has 14 N–H and O–H groups in total. The molecular weight excluding hydrogens is 614 g/mol. The van der Waals surface area contributed by atoms with Crippen LogP contribution in [0.15, 0.2) is 0 Å². The number of fused-ring (bicyclic) bond motifs is 1. The number of aliphatic hydroxyl groups excluding tert-OH is 10. The number of hydrogen-bond donors (Lipinski definition) is 13. The van der Waals surface area contributed by atoms with Crippen LogP contribution in [-0.4, -0.2) is 195 Å². The number of nitrogens with two attached hydrogens (primary N) is 1.